The predicted octanol–water partition coefficient (Wildman–Crippen LogP) is 0.688. The Morgan fingerprint density at radius 1 is 1.27 bits per heavy atom. The third-order valence-electron chi connectivity index (χ3n) is 3.96. The van der Waals surface area contributed by atoms with Crippen LogP contribution in [0, 0.1) is 6.92 Å². The molecule has 0 aromatic carbocycles. The number of fused-ring (bicyclic) bond motifs is 1. The van der Waals surface area contributed by atoms with E-state index < -0.39 is 0 Å². The number of rotatable bonds is 2. The third-order valence-corrected chi connectivity index (χ3v) is 4.37. The lowest BCUT2D eigenvalue weighted by Crippen LogP contribution is -2.52. The van der Waals surface area contributed by atoms with Gasteiger partial charge in [0.2, 0.25) is 0 Å². The molecule has 0 saturated carbocycles. The van der Waals surface area contributed by atoms with E-state index in [4.69, 9.17) is 12.2 Å². The minimum absolute atomic E-state index is 0.839. The highest BCUT2D eigenvalue weighted by atomic mass is 32.1. The summed E-state index contributed by atoms with van der Waals surface area (Å²) < 4.78 is 1.87. The van der Waals surface area contributed by atoms with Gasteiger partial charge in [0.15, 0.2) is 10.9 Å². The van der Waals surface area contributed by atoms with Crippen LogP contribution >= 0.6 is 12.2 Å². The zero-order chi connectivity index (χ0) is 15.7. The molecule has 2 aromatic heterocycles. The molecule has 7 nitrogen and oxygen atoms in total. The minimum atomic E-state index is 0.839. The summed E-state index contributed by atoms with van der Waals surface area (Å²) in [5.41, 5.74) is 2.87. The van der Waals surface area contributed by atoms with E-state index in [1.807, 2.05) is 18.7 Å². The highest BCUT2D eigenvalue weighted by molar-refractivity contribution is 7.80. The molecule has 1 aliphatic rings. The van der Waals surface area contributed by atoms with Crippen LogP contribution in [0.15, 0.2) is 6.33 Å². The zero-order valence-electron chi connectivity index (χ0n) is 13.2. The maximum atomic E-state index is 5.39. The van der Waals surface area contributed by atoms with Gasteiger partial charge in [-0.25, -0.2) is 9.97 Å². The number of thiocarbonyl (C=S) groups is 1. The highest BCUT2D eigenvalue weighted by Gasteiger charge is 2.23. The second-order valence-corrected chi connectivity index (χ2v) is 5.80. The van der Waals surface area contributed by atoms with E-state index >= 15 is 0 Å². The maximum Gasteiger partial charge on any atom is 0.169 e. The van der Waals surface area contributed by atoms with Gasteiger partial charge in [-0.3, -0.25) is 4.68 Å². The molecule has 1 aliphatic heterocycles. The van der Waals surface area contributed by atoms with Crippen LogP contribution in [0.1, 0.15) is 12.6 Å². The van der Waals surface area contributed by atoms with E-state index in [1.54, 1.807) is 6.33 Å². The number of piperazine rings is 1. The average Bonchev–Trinajstić information content (AvgIpc) is 2.83. The predicted molar refractivity (Wildman–Crippen MR) is 91.1 cm³/mol. The van der Waals surface area contributed by atoms with Crippen LogP contribution in [-0.2, 0) is 7.05 Å². The number of hydrogen-bond acceptors (Lipinski definition) is 5. The van der Waals surface area contributed by atoms with Gasteiger partial charge in [0.25, 0.3) is 0 Å². The van der Waals surface area contributed by atoms with E-state index in [2.05, 4.69) is 37.1 Å². The molecule has 1 N–H and O–H groups in total. The lowest BCUT2D eigenvalue weighted by Gasteiger charge is -2.36. The molecule has 3 heterocycles. The Labute approximate surface area is 135 Å². The molecule has 2 aromatic rings. The van der Waals surface area contributed by atoms with E-state index in [1.165, 1.54) is 0 Å². The first kappa shape index (κ1) is 15.0. The summed E-state index contributed by atoms with van der Waals surface area (Å²) in [7, 11) is 1.94. The van der Waals surface area contributed by atoms with Gasteiger partial charge in [-0.1, -0.05) is 0 Å². The van der Waals surface area contributed by atoms with Crippen molar-refractivity contribution in [2.24, 2.45) is 7.05 Å². The summed E-state index contributed by atoms with van der Waals surface area (Å²) in [6, 6.07) is 0. The smallest absolute Gasteiger partial charge is 0.169 e. The number of anilines is 1. The quantitative estimate of drug-likeness (QED) is 0.817. The van der Waals surface area contributed by atoms with Gasteiger partial charge in [0.05, 0.1) is 5.69 Å². The molecular formula is C14H21N7S. The third kappa shape index (κ3) is 2.58. The molecule has 0 amide bonds. The van der Waals surface area contributed by atoms with Gasteiger partial charge < -0.3 is 15.1 Å². The molecule has 1 saturated heterocycles. The molecule has 0 spiro atoms. The van der Waals surface area contributed by atoms with Crippen LogP contribution in [0.3, 0.4) is 0 Å². The number of aryl methyl sites for hydroxylation is 2. The summed E-state index contributed by atoms with van der Waals surface area (Å²) in [5, 5.41) is 8.51. The van der Waals surface area contributed by atoms with Crippen molar-refractivity contribution in [3.05, 3.63) is 12.0 Å². The molecule has 0 unspecified atom stereocenters. The van der Waals surface area contributed by atoms with Crippen molar-refractivity contribution in [3.63, 3.8) is 0 Å². The first-order valence-electron chi connectivity index (χ1n) is 7.53. The summed E-state index contributed by atoms with van der Waals surface area (Å²) in [5.74, 6) is 0.960. The van der Waals surface area contributed by atoms with Crippen molar-refractivity contribution in [2.45, 2.75) is 13.8 Å². The topological polar surface area (TPSA) is 62.1 Å². The van der Waals surface area contributed by atoms with E-state index in [-0.39, 0.29) is 0 Å². The average molecular weight is 319 g/mol. The maximum absolute atomic E-state index is 5.39. The molecule has 1 fully saturated rings. The van der Waals surface area contributed by atoms with Crippen LogP contribution in [0.2, 0.25) is 0 Å². The summed E-state index contributed by atoms with van der Waals surface area (Å²) in [4.78, 5) is 13.4. The van der Waals surface area contributed by atoms with Gasteiger partial charge in [0.1, 0.15) is 17.4 Å². The molecule has 0 aliphatic carbocycles. The van der Waals surface area contributed by atoms with Gasteiger partial charge in [-0.15, -0.1) is 0 Å². The second kappa shape index (κ2) is 6.04. The number of hydrogen-bond donors (Lipinski definition) is 1. The van der Waals surface area contributed by atoms with Crippen molar-refractivity contribution in [3.8, 4) is 0 Å². The lowest BCUT2D eigenvalue weighted by molar-refractivity contribution is 0.380. The van der Waals surface area contributed by atoms with Crippen molar-refractivity contribution < 1.29 is 0 Å². The number of aromatic nitrogens is 4. The first-order chi connectivity index (χ1) is 10.6. The van der Waals surface area contributed by atoms with Gasteiger partial charge >= 0.3 is 0 Å². The van der Waals surface area contributed by atoms with Crippen LogP contribution in [-0.4, -0.2) is 62.5 Å². The van der Waals surface area contributed by atoms with Gasteiger partial charge in [-0.2, -0.15) is 5.10 Å². The van der Waals surface area contributed by atoms with Crippen molar-refractivity contribution in [1.82, 2.24) is 30.0 Å². The molecule has 0 atom stereocenters. The molecule has 22 heavy (non-hydrogen) atoms. The largest absolute Gasteiger partial charge is 0.363 e. The Morgan fingerprint density at radius 2 is 2.00 bits per heavy atom. The van der Waals surface area contributed by atoms with Crippen molar-refractivity contribution in [2.75, 3.05) is 37.6 Å². The van der Waals surface area contributed by atoms with Crippen molar-refractivity contribution in [1.29, 1.82) is 0 Å². The second-order valence-electron chi connectivity index (χ2n) is 5.41. The monoisotopic (exact) mass is 319 g/mol. The molecule has 8 heteroatoms. The Kier molecular flexibility index (Phi) is 4.10. The zero-order valence-corrected chi connectivity index (χ0v) is 14.0. The SMILES string of the molecule is CCNC(=S)N1CCN(c2ncnc3c(C)nn(C)c23)CC1. The molecule has 3 rings (SSSR count). The molecule has 118 valence electrons. The Balaban J connectivity index is 1.81. The summed E-state index contributed by atoms with van der Waals surface area (Å²) >= 11 is 5.39. The van der Waals surface area contributed by atoms with E-state index in [0.29, 0.717) is 0 Å². The van der Waals surface area contributed by atoms with Gasteiger partial charge in [0, 0.05) is 39.8 Å². The molecular weight excluding hydrogens is 298 g/mol. The van der Waals surface area contributed by atoms with E-state index in [0.717, 1.165) is 60.4 Å². The summed E-state index contributed by atoms with van der Waals surface area (Å²) in [6.07, 6.45) is 1.63. The fraction of sp³-hybridized carbons (Fsp3) is 0.571. The fourth-order valence-corrected chi connectivity index (χ4v) is 3.20. The van der Waals surface area contributed by atoms with Crippen LogP contribution in [0.4, 0.5) is 5.82 Å². The molecule has 0 radical (unpaired) electrons. The normalized spacial score (nSPS) is 15.4. The fourth-order valence-electron chi connectivity index (χ4n) is 2.87. The van der Waals surface area contributed by atoms with Crippen LogP contribution < -0.4 is 10.2 Å². The van der Waals surface area contributed by atoms with Gasteiger partial charge in [-0.05, 0) is 26.1 Å². The minimum Gasteiger partial charge on any atom is -0.363 e. The van der Waals surface area contributed by atoms with E-state index in [9.17, 15) is 0 Å². The Bertz CT molecular complexity index is 688. The highest BCUT2D eigenvalue weighted by Crippen LogP contribution is 2.25. The molecule has 0 bridgehead atoms. The van der Waals surface area contributed by atoms with Crippen LogP contribution in [0.5, 0.6) is 0 Å². The number of nitrogens with zero attached hydrogens (tertiary/aromatic N) is 6. The Hall–Kier alpha value is -1.96. The first-order valence-corrected chi connectivity index (χ1v) is 7.94. The lowest BCUT2D eigenvalue weighted by atomic mass is 10.3. The van der Waals surface area contributed by atoms with Crippen LogP contribution in [0.25, 0.3) is 11.0 Å². The van der Waals surface area contributed by atoms with Crippen molar-refractivity contribution >= 4 is 34.2 Å². The number of nitrogens with one attached hydrogen (secondary N) is 1. The standard InChI is InChI=1S/C14H21N7S/c1-4-15-14(22)21-7-5-20(6-8-21)13-12-11(16-9-17-13)10(2)18-19(12)3/h9H,4-8H2,1-3H3,(H,15,22). The Morgan fingerprint density at radius 3 is 2.68 bits per heavy atom. The summed E-state index contributed by atoms with van der Waals surface area (Å²) in [6.45, 7) is 8.47.